The zero-order valence-corrected chi connectivity index (χ0v) is 20.3. The Bertz CT molecular complexity index is 978. The van der Waals surface area contributed by atoms with Gasteiger partial charge in [-0.15, -0.1) is 0 Å². The van der Waals surface area contributed by atoms with Gasteiger partial charge in [0.15, 0.2) is 5.76 Å². The Balaban J connectivity index is 0.00000218. The molecule has 2 aromatic rings. The fourth-order valence-electron chi connectivity index (χ4n) is 6.77. The Morgan fingerprint density at radius 3 is 2.73 bits per heavy atom. The number of fused-ring (bicyclic) bond motifs is 1. The minimum absolute atomic E-state index is 0. The second kappa shape index (κ2) is 7.44. The zero-order valence-electron chi connectivity index (χ0n) is 17.4. The molecule has 4 N–H and O–H groups in total. The van der Waals surface area contributed by atoms with Crippen molar-refractivity contribution in [1.82, 2.24) is 0 Å². The van der Waals surface area contributed by atoms with Crippen LogP contribution in [0.1, 0.15) is 59.3 Å². The van der Waals surface area contributed by atoms with Crippen LogP contribution in [0.15, 0.2) is 34.9 Å². The molecule has 6 nitrogen and oxygen atoms in total. The molecule has 0 spiro atoms. The first-order valence-corrected chi connectivity index (χ1v) is 10.5. The van der Waals surface area contributed by atoms with Crippen LogP contribution in [0.5, 0.6) is 5.75 Å². The van der Waals surface area contributed by atoms with Gasteiger partial charge in [0, 0.05) is 56.5 Å². The van der Waals surface area contributed by atoms with E-state index in [4.69, 9.17) is 10.2 Å². The molecule has 2 fully saturated rings. The average Bonchev–Trinajstić information content (AvgIpc) is 3.17. The second-order valence-corrected chi connectivity index (χ2v) is 9.48. The normalized spacial score (nSPS) is 34.4. The largest absolute Gasteiger partial charge is 0.507 e. The van der Waals surface area contributed by atoms with Gasteiger partial charge in [-0.25, -0.2) is 0 Å². The summed E-state index contributed by atoms with van der Waals surface area (Å²) in [6, 6.07) is 7.48. The van der Waals surface area contributed by atoms with E-state index < -0.39 is 16.9 Å². The van der Waals surface area contributed by atoms with E-state index in [0.717, 1.165) is 55.7 Å². The van der Waals surface area contributed by atoms with Gasteiger partial charge >= 0.3 is 0 Å². The zero-order chi connectivity index (χ0) is 20.4. The first-order valence-electron chi connectivity index (χ1n) is 10.5. The number of phenols is 1. The van der Waals surface area contributed by atoms with E-state index in [1.807, 2.05) is 18.2 Å². The summed E-state index contributed by atoms with van der Waals surface area (Å²) in [5.41, 5.74) is 6.03. The molecule has 1 aromatic carbocycles. The topological polar surface area (TPSA) is 96.7 Å². The van der Waals surface area contributed by atoms with Gasteiger partial charge in [0.2, 0.25) is 0 Å². The number of piperidine rings is 1. The van der Waals surface area contributed by atoms with Crippen molar-refractivity contribution in [3.63, 3.8) is 0 Å². The van der Waals surface area contributed by atoms with Crippen molar-refractivity contribution in [2.45, 2.75) is 62.1 Å². The summed E-state index contributed by atoms with van der Waals surface area (Å²) in [6.07, 6.45) is 6.65. The maximum absolute atomic E-state index is 12.3. The van der Waals surface area contributed by atoms with Crippen LogP contribution in [-0.2, 0) is 51.1 Å². The van der Waals surface area contributed by atoms with Crippen molar-refractivity contribution in [2.24, 2.45) is 5.73 Å². The Morgan fingerprint density at radius 1 is 1.27 bits per heavy atom. The molecule has 1 radical (unpaired) electrons. The number of rotatable bonds is 3. The van der Waals surface area contributed by atoms with Crippen LogP contribution < -0.4 is 5.73 Å². The third-order valence-electron chi connectivity index (χ3n) is 8.11. The molecule has 157 valence electrons. The molecule has 30 heavy (non-hydrogen) atoms. The molecule has 1 amide bonds. The molecule has 7 heteroatoms. The number of nitrogens with two attached hydrogens (primary N) is 1. The van der Waals surface area contributed by atoms with E-state index >= 15 is 0 Å². The molecule has 5 rings (SSSR count). The fraction of sp³-hybridized carbons (Fsp3) is 0.522. The number of aliphatic hydroxyl groups is 1. The van der Waals surface area contributed by atoms with Crippen molar-refractivity contribution in [2.75, 3.05) is 13.6 Å². The standard InChI is InChI=1S/C23H28N2O4.Y/c1-25(14-16-5-4-12-29-16)11-10-22-8-2-3-9-23(22,28)18(25)13-15-6-7-17(21(24)27)20(26)19(15)22;/h4-7,12,18,28H,2-3,8-11,13-14H2,1H3,(H2-,24,26,27);/p+1/t18-,22+,23-,25?;/m1./s1. The molecular formula is C23H29N2O4Y+. The van der Waals surface area contributed by atoms with Gasteiger partial charge in [0.05, 0.1) is 25.4 Å². The number of benzene rings is 1. The van der Waals surface area contributed by atoms with Crippen LogP contribution in [0.25, 0.3) is 0 Å². The van der Waals surface area contributed by atoms with Crippen molar-refractivity contribution in [1.29, 1.82) is 0 Å². The number of likely N-dealkylation sites (N-methyl/N-ethyl adjacent to an activating group) is 1. The number of likely N-dealkylation sites (tertiary alicyclic amines) is 1. The molecule has 1 saturated heterocycles. The van der Waals surface area contributed by atoms with Crippen LogP contribution in [-0.4, -0.2) is 45.8 Å². The average molecular weight is 486 g/mol. The predicted octanol–water partition coefficient (Wildman–Crippen LogP) is 2.60. The number of hydrogen-bond donors (Lipinski definition) is 3. The summed E-state index contributed by atoms with van der Waals surface area (Å²) in [6.45, 7) is 1.62. The quantitative estimate of drug-likeness (QED) is 0.582. The number of amides is 1. The third kappa shape index (κ3) is 2.87. The predicted molar refractivity (Wildman–Crippen MR) is 107 cm³/mol. The Kier molecular flexibility index (Phi) is 5.46. The summed E-state index contributed by atoms with van der Waals surface area (Å²) in [4.78, 5) is 11.9. The van der Waals surface area contributed by atoms with Gasteiger partial charge in [-0.05, 0) is 36.6 Å². The Labute approximate surface area is 201 Å². The number of furan rings is 1. The van der Waals surface area contributed by atoms with E-state index in [0.29, 0.717) is 17.3 Å². The Morgan fingerprint density at radius 2 is 2.03 bits per heavy atom. The van der Waals surface area contributed by atoms with Crippen LogP contribution in [0.3, 0.4) is 0 Å². The van der Waals surface area contributed by atoms with Gasteiger partial charge in [0.1, 0.15) is 23.9 Å². The molecule has 2 heterocycles. The molecule has 3 aliphatic rings. The number of aromatic hydroxyl groups is 1. The molecular weight excluding hydrogens is 457 g/mol. The smallest absolute Gasteiger partial charge is 0.252 e. The molecule has 1 saturated carbocycles. The SMILES string of the molecule is C[N+]1(Cc2ccco2)CC[C@]23CCCC[C@@]2(O)[C@H]1Cc1ccc(C(N)=O)c(O)c13.[Y]. The molecule has 2 aliphatic carbocycles. The van der Waals surface area contributed by atoms with E-state index in [1.165, 1.54) is 0 Å². The van der Waals surface area contributed by atoms with Crippen molar-refractivity contribution in [3.8, 4) is 5.75 Å². The van der Waals surface area contributed by atoms with Crippen molar-refractivity contribution >= 4 is 5.91 Å². The van der Waals surface area contributed by atoms with Gasteiger partial charge in [-0.1, -0.05) is 18.9 Å². The molecule has 4 atom stereocenters. The number of primary amides is 1. The first kappa shape index (κ1) is 22.0. The molecule has 1 aromatic heterocycles. The van der Waals surface area contributed by atoms with Gasteiger partial charge < -0.3 is 24.8 Å². The van der Waals surface area contributed by atoms with Crippen LogP contribution in [0, 0.1) is 0 Å². The van der Waals surface area contributed by atoms with Crippen molar-refractivity contribution in [3.05, 3.63) is 53.0 Å². The van der Waals surface area contributed by atoms with Crippen molar-refractivity contribution < 1.29 is 56.6 Å². The first-order chi connectivity index (χ1) is 13.8. The second-order valence-electron chi connectivity index (χ2n) is 9.48. The Hall–Kier alpha value is -1.21. The fourth-order valence-corrected chi connectivity index (χ4v) is 6.77. The summed E-state index contributed by atoms with van der Waals surface area (Å²) >= 11 is 0. The van der Waals surface area contributed by atoms with Crippen LogP contribution >= 0.6 is 0 Å². The van der Waals surface area contributed by atoms with Gasteiger partial charge in [-0.3, -0.25) is 4.79 Å². The maximum atomic E-state index is 12.3. The monoisotopic (exact) mass is 486 g/mol. The number of nitrogens with zero attached hydrogens (tertiary/aromatic N) is 1. The van der Waals surface area contributed by atoms with Gasteiger partial charge in [0.25, 0.3) is 5.91 Å². The summed E-state index contributed by atoms with van der Waals surface area (Å²) in [5.74, 6) is 0.283. The molecule has 2 bridgehead atoms. The van der Waals surface area contributed by atoms with E-state index in [2.05, 4.69) is 7.05 Å². The van der Waals surface area contributed by atoms with E-state index in [-0.39, 0.29) is 50.1 Å². The number of carbonyl (C=O) groups excluding carboxylic acids is 1. The van der Waals surface area contributed by atoms with Crippen LogP contribution in [0.2, 0.25) is 0 Å². The maximum Gasteiger partial charge on any atom is 0.252 e. The van der Waals surface area contributed by atoms with Gasteiger partial charge in [-0.2, -0.15) is 0 Å². The van der Waals surface area contributed by atoms with E-state index in [1.54, 1.807) is 12.3 Å². The molecule has 1 unspecified atom stereocenters. The van der Waals surface area contributed by atoms with E-state index in [9.17, 15) is 15.0 Å². The minimum Gasteiger partial charge on any atom is -0.507 e. The number of quaternary nitrogens is 1. The molecule has 1 aliphatic heterocycles. The number of carbonyl (C=O) groups is 1. The minimum atomic E-state index is -0.925. The third-order valence-corrected chi connectivity index (χ3v) is 8.11. The van der Waals surface area contributed by atoms with Crippen LogP contribution in [0.4, 0.5) is 0 Å². The summed E-state index contributed by atoms with van der Waals surface area (Å²) < 4.78 is 6.36. The number of hydrogen-bond acceptors (Lipinski definition) is 4. The summed E-state index contributed by atoms with van der Waals surface area (Å²) in [5, 5.41) is 23.3. The summed E-state index contributed by atoms with van der Waals surface area (Å²) in [7, 11) is 2.21.